The van der Waals surface area contributed by atoms with Crippen LogP contribution >= 0.6 is 15.9 Å². The van der Waals surface area contributed by atoms with Crippen molar-refractivity contribution in [3.8, 4) is 5.75 Å². The van der Waals surface area contributed by atoms with E-state index in [0.717, 1.165) is 15.6 Å². The second-order valence-corrected chi connectivity index (χ2v) is 5.15. The number of carbonyl (C=O) groups excluding carboxylic acids is 1. The summed E-state index contributed by atoms with van der Waals surface area (Å²) in [5.74, 6) is 0.296. The van der Waals surface area contributed by atoms with Crippen LogP contribution in [0.3, 0.4) is 0 Å². The minimum atomic E-state index is -0.381. The molecule has 0 saturated carbocycles. The molecule has 0 saturated heterocycles. The fraction of sp³-hybridized carbons (Fsp3) is 0.188. The first kappa shape index (κ1) is 14.6. The lowest BCUT2D eigenvalue weighted by Crippen LogP contribution is -2.15. The highest BCUT2D eigenvalue weighted by Gasteiger charge is 2.07. The summed E-state index contributed by atoms with van der Waals surface area (Å²) >= 11 is 3.42. The summed E-state index contributed by atoms with van der Waals surface area (Å²) in [7, 11) is 0. The highest BCUT2D eigenvalue weighted by molar-refractivity contribution is 9.10. The predicted molar refractivity (Wildman–Crippen MR) is 80.6 cm³/mol. The smallest absolute Gasteiger partial charge is 0.344 e. The number of rotatable bonds is 5. The Bertz CT molecular complexity index is 582. The number of halogens is 1. The molecule has 0 amide bonds. The second kappa shape index (κ2) is 7.10. The third kappa shape index (κ3) is 4.10. The maximum absolute atomic E-state index is 11.6. The SMILES string of the molecule is Cc1c(Br)cccc1OCC(=O)OCc1ccccc1. The Morgan fingerprint density at radius 1 is 1.10 bits per heavy atom. The summed E-state index contributed by atoms with van der Waals surface area (Å²) in [5.41, 5.74) is 1.92. The molecule has 0 atom stereocenters. The van der Waals surface area contributed by atoms with Gasteiger partial charge in [0, 0.05) is 10.0 Å². The molecule has 0 heterocycles. The van der Waals surface area contributed by atoms with E-state index in [0.29, 0.717) is 5.75 Å². The minimum Gasteiger partial charge on any atom is -0.482 e. The average molecular weight is 335 g/mol. The van der Waals surface area contributed by atoms with Crippen molar-refractivity contribution in [2.45, 2.75) is 13.5 Å². The van der Waals surface area contributed by atoms with Gasteiger partial charge in [0.1, 0.15) is 12.4 Å². The molecule has 4 heteroatoms. The molecule has 0 N–H and O–H groups in total. The topological polar surface area (TPSA) is 35.5 Å². The van der Waals surface area contributed by atoms with Crippen LogP contribution in [0.5, 0.6) is 5.75 Å². The lowest BCUT2D eigenvalue weighted by Gasteiger charge is -2.10. The molecule has 2 rings (SSSR count). The third-order valence-corrected chi connectivity index (χ3v) is 3.67. The fourth-order valence-corrected chi connectivity index (χ4v) is 2.01. The van der Waals surface area contributed by atoms with Crippen molar-refractivity contribution < 1.29 is 14.3 Å². The zero-order valence-electron chi connectivity index (χ0n) is 11.1. The normalized spacial score (nSPS) is 10.1. The molecule has 0 aliphatic rings. The van der Waals surface area contributed by atoms with E-state index in [1.54, 1.807) is 0 Å². The number of hydrogen-bond donors (Lipinski definition) is 0. The average Bonchev–Trinajstić information content (AvgIpc) is 2.48. The van der Waals surface area contributed by atoms with E-state index >= 15 is 0 Å². The van der Waals surface area contributed by atoms with Gasteiger partial charge in [-0.1, -0.05) is 52.3 Å². The van der Waals surface area contributed by atoms with E-state index < -0.39 is 0 Å². The molecule has 0 unspecified atom stereocenters. The van der Waals surface area contributed by atoms with Crippen LogP contribution in [0, 0.1) is 6.92 Å². The van der Waals surface area contributed by atoms with E-state index in [9.17, 15) is 4.79 Å². The Kier molecular flexibility index (Phi) is 5.18. The summed E-state index contributed by atoms with van der Waals surface area (Å²) < 4.78 is 11.6. The highest BCUT2D eigenvalue weighted by Crippen LogP contribution is 2.25. The van der Waals surface area contributed by atoms with Gasteiger partial charge in [-0.3, -0.25) is 0 Å². The lowest BCUT2D eigenvalue weighted by molar-refractivity contribution is -0.147. The van der Waals surface area contributed by atoms with Gasteiger partial charge in [0.25, 0.3) is 0 Å². The number of hydrogen-bond acceptors (Lipinski definition) is 3. The van der Waals surface area contributed by atoms with Crippen LogP contribution < -0.4 is 4.74 Å². The molecule has 0 aliphatic heterocycles. The van der Waals surface area contributed by atoms with Gasteiger partial charge in [0.15, 0.2) is 6.61 Å². The molecule has 2 aromatic rings. The fourth-order valence-electron chi connectivity index (χ4n) is 1.66. The van der Waals surface area contributed by atoms with Crippen molar-refractivity contribution in [1.82, 2.24) is 0 Å². The predicted octanol–water partition coefficient (Wildman–Crippen LogP) is 3.88. The zero-order chi connectivity index (χ0) is 14.4. The van der Waals surface area contributed by atoms with Crippen molar-refractivity contribution in [1.29, 1.82) is 0 Å². The van der Waals surface area contributed by atoms with Gasteiger partial charge in [-0.2, -0.15) is 0 Å². The Labute approximate surface area is 126 Å². The van der Waals surface area contributed by atoms with Gasteiger partial charge in [-0.15, -0.1) is 0 Å². The summed E-state index contributed by atoms with van der Waals surface area (Å²) in [4.78, 5) is 11.6. The second-order valence-electron chi connectivity index (χ2n) is 4.30. The monoisotopic (exact) mass is 334 g/mol. The van der Waals surface area contributed by atoms with Crippen molar-refractivity contribution in [3.63, 3.8) is 0 Å². The van der Waals surface area contributed by atoms with Crippen molar-refractivity contribution in [2.24, 2.45) is 0 Å². The minimum absolute atomic E-state index is 0.0931. The van der Waals surface area contributed by atoms with E-state index in [4.69, 9.17) is 9.47 Å². The quantitative estimate of drug-likeness (QED) is 0.778. The van der Waals surface area contributed by atoms with E-state index in [-0.39, 0.29) is 19.2 Å². The zero-order valence-corrected chi connectivity index (χ0v) is 12.7. The van der Waals surface area contributed by atoms with Gasteiger partial charge in [-0.05, 0) is 24.6 Å². The number of carbonyl (C=O) groups is 1. The standard InChI is InChI=1S/C16H15BrO3/c1-12-14(17)8-5-9-15(12)19-11-16(18)20-10-13-6-3-2-4-7-13/h2-9H,10-11H2,1H3. The number of ether oxygens (including phenoxy) is 2. The maximum atomic E-state index is 11.6. The van der Waals surface area contributed by atoms with Crippen molar-refractivity contribution in [2.75, 3.05) is 6.61 Å². The molecule has 0 spiro atoms. The maximum Gasteiger partial charge on any atom is 0.344 e. The number of esters is 1. The Morgan fingerprint density at radius 2 is 1.85 bits per heavy atom. The summed E-state index contributed by atoms with van der Waals surface area (Å²) in [6.07, 6.45) is 0. The van der Waals surface area contributed by atoms with Crippen molar-refractivity contribution >= 4 is 21.9 Å². The van der Waals surface area contributed by atoms with Gasteiger partial charge < -0.3 is 9.47 Å². The Morgan fingerprint density at radius 3 is 2.60 bits per heavy atom. The Balaban J connectivity index is 1.82. The van der Waals surface area contributed by atoms with E-state index in [2.05, 4.69) is 15.9 Å². The van der Waals surface area contributed by atoms with Gasteiger partial charge >= 0.3 is 5.97 Å². The molecule has 3 nitrogen and oxygen atoms in total. The van der Waals surface area contributed by atoms with Gasteiger partial charge in [-0.25, -0.2) is 4.79 Å². The molecule has 0 bridgehead atoms. The molecular formula is C16H15BrO3. The first-order valence-corrected chi connectivity index (χ1v) is 7.03. The van der Waals surface area contributed by atoms with Gasteiger partial charge in [0.05, 0.1) is 0 Å². The first-order chi connectivity index (χ1) is 9.66. The molecule has 2 aromatic carbocycles. The van der Waals surface area contributed by atoms with Crippen LogP contribution in [0.15, 0.2) is 53.0 Å². The van der Waals surface area contributed by atoms with E-state index in [1.165, 1.54) is 0 Å². The molecule has 0 aliphatic carbocycles. The Hall–Kier alpha value is -1.81. The van der Waals surface area contributed by atoms with Crippen LogP contribution in [-0.2, 0) is 16.1 Å². The molecule has 20 heavy (non-hydrogen) atoms. The van der Waals surface area contributed by atoms with Crippen LogP contribution in [0.25, 0.3) is 0 Å². The molecule has 104 valence electrons. The molecular weight excluding hydrogens is 320 g/mol. The molecule has 0 fully saturated rings. The number of benzene rings is 2. The third-order valence-electron chi connectivity index (χ3n) is 2.81. The summed E-state index contributed by atoms with van der Waals surface area (Å²) in [6, 6.07) is 15.2. The molecule has 0 radical (unpaired) electrons. The molecule has 0 aromatic heterocycles. The lowest BCUT2D eigenvalue weighted by atomic mass is 10.2. The van der Waals surface area contributed by atoms with Crippen molar-refractivity contribution in [3.05, 3.63) is 64.1 Å². The highest BCUT2D eigenvalue weighted by atomic mass is 79.9. The van der Waals surface area contributed by atoms with Crippen LogP contribution in [0.2, 0.25) is 0 Å². The van der Waals surface area contributed by atoms with Gasteiger partial charge in [0.2, 0.25) is 0 Å². The van der Waals surface area contributed by atoms with Crippen LogP contribution in [0.4, 0.5) is 0 Å². The summed E-state index contributed by atoms with van der Waals surface area (Å²) in [5, 5.41) is 0. The largest absolute Gasteiger partial charge is 0.482 e. The van der Waals surface area contributed by atoms with E-state index in [1.807, 2.05) is 55.5 Å². The first-order valence-electron chi connectivity index (χ1n) is 6.24. The van der Waals surface area contributed by atoms with Crippen LogP contribution in [0.1, 0.15) is 11.1 Å². The summed E-state index contributed by atoms with van der Waals surface area (Å²) in [6.45, 7) is 2.10. The van der Waals surface area contributed by atoms with Crippen LogP contribution in [-0.4, -0.2) is 12.6 Å².